The molecule has 0 rings (SSSR count). The molecule has 1 nitrogen and oxygen atoms in total. The van der Waals surface area contributed by atoms with Gasteiger partial charge in [0.05, 0.1) is 0 Å². The lowest BCUT2D eigenvalue weighted by Gasteiger charge is -2.12. The van der Waals surface area contributed by atoms with Gasteiger partial charge in [-0.1, -0.05) is 50.7 Å². The predicted octanol–water partition coefficient (Wildman–Crippen LogP) is 2.93. The van der Waals surface area contributed by atoms with Gasteiger partial charge < -0.3 is 5.73 Å². The number of thioether (sulfide) groups is 1. The topological polar surface area (TPSA) is 26.0 Å². The molecular weight excluding hydrogens is 174 g/mol. The zero-order valence-corrected chi connectivity index (χ0v) is 8.93. The summed E-state index contributed by atoms with van der Waals surface area (Å²) in [6.07, 6.45) is 4.91. The minimum atomic E-state index is 0.594. The Morgan fingerprint density at radius 2 is 1.82 bits per heavy atom. The highest BCUT2D eigenvalue weighted by Gasteiger charge is 2.07. The van der Waals surface area contributed by atoms with Gasteiger partial charge in [-0.15, -0.1) is 0 Å². The Morgan fingerprint density at radius 3 is 2.09 bits per heavy atom. The molecule has 0 bridgehead atoms. The average molecular weight is 191 g/mol. The van der Waals surface area contributed by atoms with E-state index in [2.05, 4.69) is 13.8 Å². The van der Waals surface area contributed by atoms with E-state index in [0.29, 0.717) is 9.57 Å². The zero-order valence-electron chi connectivity index (χ0n) is 7.30. The number of thiocarbonyl (C=S) groups is 1. The van der Waals surface area contributed by atoms with Gasteiger partial charge in [0.25, 0.3) is 0 Å². The molecule has 0 aliphatic carbocycles. The van der Waals surface area contributed by atoms with Crippen molar-refractivity contribution in [1.82, 2.24) is 0 Å². The van der Waals surface area contributed by atoms with Crippen LogP contribution in [-0.4, -0.2) is 9.57 Å². The van der Waals surface area contributed by atoms with Crippen molar-refractivity contribution >= 4 is 28.3 Å². The molecule has 0 saturated carbocycles. The van der Waals surface area contributed by atoms with Gasteiger partial charge >= 0.3 is 0 Å². The van der Waals surface area contributed by atoms with E-state index in [0.717, 1.165) is 0 Å². The molecular formula is C8H17NS2. The Kier molecular flexibility index (Phi) is 7.07. The van der Waals surface area contributed by atoms with Crippen molar-refractivity contribution in [1.29, 1.82) is 0 Å². The van der Waals surface area contributed by atoms with Gasteiger partial charge in [0.1, 0.15) is 4.32 Å². The van der Waals surface area contributed by atoms with E-state index in [-0.39, 0.29) is 0 Å². The van der Waals surface area contributed by atoms with Crippen LogP contribution in [0.3, 0.4) is 0 Å². The molecule has 0 unspecified atom stereocenters. The molecule has 3 heteroatoms. The van der Waals surface area contributed by atoms with E-state index >= 15 is 0 Å². The fourth-order valence-electron chi connectivity index (χ4n) is 1.07. The Hall–Kier alpha value is 0.240. The highest BCUT2D eigenvalue weighted by Crippen LogP contribution is 2.20. The van der Waals surface area contributed by atoms with Crippen LogP contribution in [0.25, 0.3) is 0 Å². The van der Waals surface area contributed by atoms with Crippen molar-refractivity contribution in [3.8, 4) is 0 Å². The average Bonchev–Trinajstić information content (AvgIpc) is 1.87. The Morgan fingerprint density at radius 1 is 1.36 bits per heavy atom. The summed E-state index contributed by atoms with van der Waals surface area (Å²) in [5, 5.41) is 0.655. The lowest BCUT2D eigenvalue weighted by molar-refractivity contribution is 0.675. The van der Waals surface area contributed by atoms with Gasteiger partial charge in [-0.2, -0.15) is 0 Å². The second-order valence-electron chi connectivity index (χ2n) is 2.64. The van der Waals surface area contributed by atoms with E-state index in [1.807, 2.05) is 0 Å². The highest BCUT2D eigenvalue weighted by atomic mass is 32.2. The van der Waals surface area contributed by atoms with Crippen molar-refractivity contribution in [3.63, 3.8) is 0 Å². The normalized spacial score (nSPS) is 10.5. The van der Waals surface area contributed by atoms with Gasteiger partial charge in [0.15, 0.2) is 0 Å². The maximum absolute atomic E-state index is 5.45. The summed E-state index contributed by atoms with van der Waals surface area (Å²) >= 11 is 6.50. The van der Waals surface area contributed by atoms with Crippen molar-refractivity contribution in [3.05, 3.63) is 0 Å². The quantitative estimate of drug-likeness (QED) is 0.677. The summed E-state index contributed by atoms with van der Waals surface area (Å²) in [6, 6.07) is 0. The standard InChI is InChI=1S/C8H17NS2/c1-3-5-7(6-4-2)11-8(9)10/h7H,3-6H2,1-2H3,(H2,9,10). The smallest absolute Gasteiger partial charge is 0.131 e. The van der Waals surface area contributed by atoms with Crippen LogP contribution in [0.2, 0.25) is 0 Å². The molecule has 0 amide bonds. The van der Waals surface area contributed by atoms with Crippen molar-refractivity contribution < 1.29 is 0 Å². The molecule has 0 aliphatic rings. The van der Waals surface area contributed by atoms with Gasteiger partial charge in [-0.05, 0) is 12.8 Å². The molecule has 0 spiro atoms. The highest BCUT2D eigenvalue weighted by molar-refractivity contribution is 8.23. The minimum absolute atomic E-state index is 0.594. The lowest BCUT2D eigenvalue weighted by atomic mass is 10.2. The summed E-state index contributed by atoms with van der Waals surface area (Å²) in [7, 11) is 0. The van der Waals surface area contributed by atoms with E-state index < -0.39 is 0 Å². The zero-order chi connectivity index (χ0) is 8.69. The first kappa shape index (κ1) is 11.2. The van der Waals surface area contributed by atoms with Crippen LogP contribution < -0.4 is 5.73 Å². The molecule has 0 radical (unpaired) electrons. The van der Waals surface area contributed by atoms with E-state index in [9.17, 15) is 0 Å². The van der Waals surface area contributed by atoms with Crippen LogP contribution in [0.1, 0.15) is 39.5 Å². The molecule has 11 heavy (non-hydrogen) atoms. The first-order chi connectivity index (χ1) is 5.20. The van der Waals surface area contributed by atoms with E-state index in [4.69, 9.17) is 18.0 Å². The van der Waals surface area contributed by atoms with Gasteiger partial charge in [-0.3, -0.25) is 0 Å². The van der Waals surface area contributed by atoms with Gasteiger partial charge in [0, 0.05) is 5.25 Å². The molecule has 0 aliphatic heterocycles. The molecule has 0 heterocycles. The molecule has 0 aromatic rings. The maximum atomic E-state index is 5.45. The largest absolute Gasteiger partial charge is 0.385 e. The number of hydrogen-bond donors (Lipinski definition) is 1. The van der Waals surface area contributed by atoms with Crippen LogP contribution in [0.4, 0.5) is 0 Å². The Bertz CT molecular complexity index is 109. The second kappa shape index (κ2) is 6.92. The fourth-order valence-corrected chi connectivity index (χ4v) is 2.51. The number of rotatable bonds is 5. The van der Waals surface area contributed by atoms with Gasteiger partial charge in [0.2, 0.25) is 0 Å². The summed E-state index contributed by atoms with van der Waals surface area (Å²) in [6.45, 7) is 4.39. The van der Waals surface area contributed by atoms with Crippen molar-refractivity contribution in [2.75, 3.05) is 0 Å². The molecule has 0 saturated heterocycles. The number of hydrogen-bond acceptors (Lipinski definition) is 2. The maximum Gasteiger partial charge on any atom is 0.131 e. The van der Waals surface area contributed by atoms with Gasteiger partial charge in [-0.25, -0.2) is 0 Å². The monoisotopic (exact) mass is 191 g/mol. The summed E-state index contributed by atoms with van der Waals surface area (Å²) in [5.74, 6) is 0. The molecule has 2 N–H and O–H groups in total. The summed E-state index contributed by atoms with van der Waals surface area (Å²) < 4.78 is 0.594. The predicted molar refractivity (Wildman–Crippen MR) is 58.0 cm³/mol. The Balaban J connectivity index is 3.59. The summed E-state index contributed by atoms with van der Waals surface area (Å²) in [4.78, 5) is 0. The first-order valence-electron chi connectivity index (χ1n) is 4.16. The molecule has 0 aromatic carbocycles. The fraction of sp³-hybridized carbons (Fsp3) is 0.875. The molecule has 66 valence electrons. The van der Waals surface area contributed by atoms with Crippen LogP contribution in [0.5, 0.6) is 0 Å². The van der Waals surface area contributed by atoms with Crippen molar-refractivity contribution in [2.45, 2.75) is 44.8 Å². The third-order valence-corrected chi connectivity index (χ3v) is 2.83. The molecule has 0 fully saturated rings. The molecule has 0 atom stereocenters. The first-order valence-corrected chi connectivity index (χ1v) is 5.45. The third-order valence-electron chi connectivity index (χ3n) is 1.50. The third kappa shape index (κ3) is 6.63. The van der Waals surface area contributed by atoms with Crippen LogP contribution in [-0.2, 0) is 0 Å². The SMILES string of the molecule is CCCC(CCC)SC(N)=S. The minimum Gasteiger partial charge on any atom is -0.385 e. The lowest BCUT2D eigenvalue weighted by Crippen LogP contribution is -2.11. The van der Waals surface area contributed by atoms with Crippen LogP contribution in [0.15, 0.2) is 0 Å². The van der Waals surface area contributed by atoms with Crippen LogP contribution in [0, 0.1) is 0 Å². The number of nitrogens with two attached hydrogens (primary N) is 1. The summed E-state index contributed by atoms with van der Waals surface area (Å²) in [5.41, 5.74) is 5.45. The van der Waals surface area contributed by atoms with E-state index in [1.165, 1.54) is 25.7 Å². The second-order valence-corrected chi connectivity index (χ2v) is 4.68. The van der Waals surface area contributed by atoms with Crippen LogP contribution >= 0.6 is 24.0 Å². The Labute approximate surface area is 79.1 Å². The van der Waals surface area contributed by atoms with E-state index in [1.54, 1.807) is 11.8 Å². The molecule has 0 aromatic heterocycles. The van der Waals surface area contributed by atoms with Crippen molar-refractivity contribution in [2.24, 2.45) is 5.73 Å².